The number of hydrogen-bond donors (Lipinski definition) is 1. The molecule has 0 saturated carbocycles. The van der Waals surface area contributed by atoms with E-state index in [2.05, 4.69) is 31.0 Å². The highest BCUT2D eigenvalue weighted by Crippen LogP contribution is 2.19. The van der Waals surface area contributed by atoms with Crippen molar-refractivity contribution in [3.05, 3.63) is 0 Å². The van der Waals surface area contributed by atoms with Crippen molar-refractivity contribution >= 4 is 5.97 Å². The summed E-state index contributed by atoms with van der Waals surface area (Å²) in [4.78, 5) is 14.2. The van der Waals surface area contributed by atoms with Crippen LogP contribution in [0, 0.1) is 0 Å². The molecule has 19 heavy (non-hydrogen) atoms. The van der Waals surface area contributed by atoms with Crippen molar-refractivity contribution in [2.45, 2.75) is 51.7 Å². The molecule has 0 radical (unpaired) electrons. The van der Waals surface area contributed by atoms with Gasteiger partial charge in [0.05, 0.1) is 13.7 Å². The summed E-state index contributed by atoms with van der Waals surface area (Å²) in [6.07, 6.45) is 0.693. The summed E-state index contributed by atoms with van der Waals surface area (Å²) in [5.74, 6) is -0.225. The molecule has 0 spiro atoms. The maximum absolute atomic E-state index is 11.9. The lowest BCUT2D eigenvalue weighted by Crippen LogP contribution is -2.54. The molecular weight excluding hydrogens is 244 g/mol. The zero-order chi connectivity index (χ0) is 15.1. The molecule has 114 valence electrons. The van der Waals surface area contributed by atoms with E-state index in [1.807, 2.05) is 6.92 Å². The number of methoxy groups -OCH3 is 2. The molecule has 5 nitrogen and oxygen atoms in total. The first-order chi connectivity index (χ1) is 8.86. The summed E-state index contributed by atoms with van der Waals surface area (Å²) in [7, 11) is 4.92. The van der Waals surface area contributed by atoms with Gasteiger partial charge in [0.1, 0.15) is 5.54 Å². The van der Waals surface area contributed by atoms with Crippen molar-refractivity contribution < 1.29 is 14.3 Å². The van der Waals surface area contributed by atoms with Gasteiger partial charge in [-0.3, -0.25) is 9.69 Å². The first-order valence-corrected chi connectivity index (χ1v) is 6.88. The van der Waals surface area contributed by atoms with E-state index in [1.54, 1.807) is 14.2 Å². The van der Waals surface area contributed by atoms with Gasteiger partial charge >= 0.3 is 5.97 Å². The lowest BCUT2D eigenvalue weighted by Gasteiger charge is -2.37. The Labute approximate surface area is 117 Å². The number of carbonyl (C=O) groups excluding carboxylic acids is 1. The molecule has 0 aliphatic rings. The Morgan fingerprint density at radius 1 is 1.32 bits per heavy atom. The summed E-state index contributed by atoms with van der Waals surface area (Å²) in [6, 6.07) is 0.579. The van der Waals surface area contributed by atoms with Crippen LogP contribution < -0.4 is 5.32 Å². The molecule has 0 bridgehead atoms. The molecule has 0 aromatic rings. The molecule has 0 rings (SSSR count). The molecular formula is C14H30N2O3. The summed E-state index contributed by atoms with van der Waals surface area (Å²) < 4.78 is 10.1. The minimum atomic E-state index is -0.658. The summed E-state index contributed by atoms with van der Waals surface area (Å²) in [5, 5.41) is 3.08. The fraction of sp³-hybridized carbons (Fsp3) is 0.929. The van der Waals surface area contributed by atoms with Gasteiger partial charge in [0.15, 0.2) is 0 Å². The Bertz CT molecular complexity index is 273. The van der Waals surface area contributed by atoms with Gasteiger partial charge in [0, 0.05) is 19.2 Å². The second kappa shape index (κ2) is 8.51. The van der Waals surface area contributed by atoms with Crippen LogP contribution >= 0.6 is 0 Å². The van der Waals surface area contributed by atoms with E-state index in [9.17, 15) is 4.79 Å². The predicted octanol–water partition coefficient (Wildman–Crippen LogP) is 1.27. The molecule has 3 atom stereocenters. The van der Waals surface area contributed by atoms with Gasteiger partial charge in [-0.25, -0.2) is 0 Å². The second-order valence-corrected chi connectivity index (χ2v) is 5.26. The van der Waals surface area contributed by atoms with Crippen molar-refractivity contribution in [2.24, 2.45) is 0 Å². The van der Waals surface area contributed by atoms with E-state index in [-0.39, 0.29) is 12.0 Å². The van der Waals surface area contributed by atoms with Gasteiger partial charge in [-0.15, -0.1) is 0 Å². The number of carbonyl (C=O) groups is 1. The third-order valence-electron chi connectivity index (χ3n) is 3.80. The van der Waals surface area contributed by atoms with Crippen LogP contribution in [0.2, 0.25) is 0 Å². The molecule has 0 fully saturated rings. The van der Waals surface area contributed by atoms with Gasteiger partial charge in [0.25, 0.3) is 0 Å². The molecule has 0 aliphatic carbocycles. The minimum absolute atomic E-state index is 0.225. The third-order valence-corrected chi connectivity index (χ3v) is 3.80. The van der Waals surface area contributed by atoms with Crippen LogP contribution in [0.5, 0.6) is 0 Å². The molecule has 0 amide bonds. The van der Waals surface area contributed by atoms with E-state index in [0.717, 1.165) is 6.54 Å². The van der Waals surface area contributed by atoms with E-state index >= 15 is 0 Å². The first kappa shape index (κ1) is 18.4. The van der Waals surface area contributed by atoms with Crippen LogP contribution in [0.3, 0.4) is 0 Å². The van der Waals surface area contributed by atoms with E-state index < -0.39 is 5.54 Å². The van der Waals surface area contributed by atoms with E-state index in [1.165, 1.54) is 7.11 Å². The lowest BCUT2D eigenvalue weighted by atomic mass is 9.92. The number of likely N-dealkylation sites (N-methyl/N-ethyl adjacent to an activating group) is 2. The van der Waals surface area contributed by atoms with Gasteiger partial charge in [-0.05, 0) is 40.8 Å². The fourth-order valence-corrected chi connectivity index (χ4v) is 2.62. The zero-order valence-electron chi connectivity index (χ0n) is 13.4. The summed E-state index contributed by atoms with van der Waals surface area (Å²) >= 11 is 0. The number of nitrogens with zero attached hydrogens (tertiary/aromatic N) is 1. The average molecular weight is 274 g/mol. The smallest absolute Gasteiger partial charge is 0.325 e. The number of rotatable bonds is 9. The summed E-state index contributed by atoms with van der Waals surface area (Å²) in [5.41, 5.74) is -0.658. The van der Waals surface area contributed by atoms with Crippen LogP contribution in [0.25, 0.3) is 0 Å². The highest BCUT2D eigenvalue weighted by Gasteiger charge is 2.36. The predicted molar refractivity (Wildman–Crippen MR) is 77.3 cm³/mol. The van der Waals surface area contributed by atoms with Crippen LogP contribution in [-0.2, 0) is 14.3 Å². The maximum atomic E-state index is 11.9. The number of hydrogen-bond acceptors (Lipinski definition) is 5. The van der Waals surface area contributed by atoms with Crippen molar-refractivity contribution in [3.63, 3.8) is 0 Å². The van der Waals surface area contributed by atoms with Gasteiger partial charge in [-0.2, -0.15) is 0 Å². The molecule has 0 heterocycles. The Hall–Kier alpha value is -0.650. The Morgan fingerprint density at radius 3 is 2.26 bits per heavy atom. The Balaban J connectivity index is 4.78. The highest BCUT2D eigenvalue weighted by atomic mass is 16.5. The van der Waals surface area contributed by atoms with E-state index in [0.29, 0.717) is 19.1 Å². The van der Waals surface area contributed by atoms with Crippen molar-refractivity contribution in [1.29, 1.82) is 0 Å². The topological polar surface area (TPSA) is 50.8 Å². The number of nitrogens with one attached hydrogen (secondary N) is 1. The largest absolute Gasteiger partial charge is 0.468 e. The first-order valence-electron chi connectivity index (χ1n) is 6.88. The van der Waals surface area contributed by atoms with Crippen LogP contribution in [-0.4, -0.2) is 62.9 Å². The molecule has 0 aromatic carbocycles. The lowest BCUT2D eigenvalue weighted by molar-refractivity contribution is -0.148. The SMILES string of the molecule is CCN(C(C)COC)C(C)CC(C)(NC)C(=O)OC. The van der Waals surface area contributed by atoms with Crippen molar-refractivity contribution in [2.75, 3.05) is 34.4 Å². The van der Waals surface area contributed by atoms with Gasteiger partial charge < -0.3 is 14.8 Å². The molecule has 0 saturated heterocycles. The number of ether oxygens (including phenoxy) is 2. The van der Waals surface area contributed by atoms with Crippen molar-refractivity contribution in [3.8, 4) is 0 Å². The number of esters is 1. The molecule has 0 aliphatic heterocycles. The quantitative estimate of drug-likeness (QED) is 0.642. The fourth-order valence-electron chi connectivity index (χ4n) is 2.62. The molecule has 1 N–H and O–H groups in total. The van der Waals surface area contributed by atoms with Crippen LogP contribution in [0.4, 0.5) is 0 Å². The second-order valence-electron chi connectivity index (χ2n) is 5.26. The minimum Gasteiger partial charge on any atom is -0.468 e. The third kappa shape index (κ3) is 5.09. The highest BCUT2D eigenvalue weighted by molar-refractivity contribution is 5.80. The van der Waals surface area contributed by atoms with Crippen molar-refractivity contribution in [1.82, 2.24) is 10.2 Å². The molecule has 5 heteroatoms. The van der Waals surface area contributed by atoms with Gasteiger partial charge in [-0.1, -0.05) is 6.92 Å². The Kier molecular flexibility index (Phi) is 8.22. The maximum Gasteiger partial charge on any atom is 0.325 e. The monoisotopic (exact) mass is 274 g/mol. The van der Waals surface area contributed by atoms with Gasteiger partial charge in [0.2, 0.25) is 0 Å². The van der Waals surface area contributed by atoms with E-state index in [4.69, 9.17) is 9.47 Å². The Morgan fingerprint density at radius 2 is 1.89 bits per heavy atom. The normalized spacial score (nSPS) is 17.9. The molecule has 0 aromatic heterocycles. The summed E-state index contributed by atoms with van der Waals surface area (Å²) in [6.45, 7) is 9.88. The van der Waals surface area contributed by atoms with Crippen LogP contribution in [0.15, 0.2) is 0 Å². The zero-order valence-corrected chi connectivity index (χ0v) is 13.4. The average Bonchev–Trinajstić information content (AvgIpc) is 2.38. The molecule has 3 unspecified atom stereocenters. The standard InChI is InChI=1S/C14H30N2O3/c1-8-16(12(3)10-18-6)11(2)9-14(4,15-5)13(17)19-7/h11-12,15H,8-10H2,1-7H3. The van der Waals surface area contributed by atoms with Crippen LogP contribution in [0.1, 0.15) is 34.1 Å².